The monoisotopic (exact) mass is 325 g/mol. The van der Waals surface area contributed by atoms with E-state index in [-0.39, 0.29) is 0 Å². The van der Waals surface area contributed by atoms with Crippen LogP contribution in [-0.4, -0.2) is 10.1 Å². The van der Waals surface area contributed by atoms with Crippen LogP contribution < -0.4 is 5.73 Å². The fraction of sp³-hybridized carbons (Fsp3) is 0.467. The first kappa shape index (κ1) is 14.8. The molecule has 0 aliphatic heterocycles. The number of nitrogens with two attached hydrogens (primary N) is 1. The minimum Gasteiger partial charge on any atom is -0.337 e. The van der Waals surface area contributed by atoms with Gasteiger partial charge in [-0.15, -0.1) is 0 Å². The molecule has 1 heterocycles. The number of nitrogens with zero attached hydrogens (tertiary/aromatic N) is 2. The van der Waals surface area contributed by atoms with Gasteiger partial charge in [0.05, 0.1) is 5.54 Å². The van der Waals surface area contributed by atoms with Crippen LogP contribution in [0, 0.1) is 5.92 Å². The Hall–Kier alpha value is -1.10. The summed E-state index contributed by atoms with van der Waals surface area (Å²) in [6.07, 6.45) is 3.90. The molecular formula is C15H17Cl2N3O. The van der Waals surface area contributed by atoms with Crippen molar-refractivity contribution in [1.82, 2.24) is 10.1 Å². The smallest absolute Gasteiger partial charge is 0.247 e. The van der Waals surface area contributed by atoms with Crippen molar-refractivity contribution >= 4 is 23.2 Å². The number of hydrogen-bond donors (Lipinski definition) is 1. The summed E-state index contributed by atoms with van der Waals surface area (Å²) in [5, 5.41) is 5.10. The summed E-state index contributed by atoms with van der Waals surface area (Å²) in [5.41, 5.74) is 6.66. The largest absolute Gasteiger partial charge is 0.337 e. The fourth-order valence-electron chi connectivity index (χ4n) is 2.72. The van der Waals surface area contributed by atoms with Gasteiger partial charge in [0.1, 0.15) is 0 Å². The van der Waals surface area contributed by atoms with Crippen LogP contribution in [0.1, 0.15) is 38.5 Å². The maximum atomic E-state index is 6.45. The predicted molar refractivity (Wildman–Crippen MR) is 83.3 cm³/mol. The van der Waals surface area contributed by atoms with Gasteiger partial charge in [0, 0.05) is 15.6 Å². The van der Waals surface area contributed by atoms with Crippen LogP contribution in [0.25, 0.3) is 11.4 Å². The Morgan fingerprint density at radius 2 is 1.81 bits per heavy atom. The van der Waals surface area contributed by atoms with Gasteiger partial charge in [-0.05, 0) is 49.8 Å². The topological polar surface area (TPSA) is 64.9 Å². The van der Waals surface area contributed by atoms with Gasteiger partial charge in [-0.3, -0.25) is 0 Å². The lowest BCUT2D eigenvalue weighted by molar-refractivity contribution is 0.190. The van der Waals surface area contributed by atoms with Crippen molar-refractivity contribution in [3.63, 3.8) is 0 Å². The highest BCUT2D eigenvalue weighted by atomic mass is 35.5. The third-order valence-electron chi connectivity index (χ3n) is 4.14. The number of halogens is 2. The fourth-order valence-corrected chi connectivity index (χ4v) is 3.24. The van der Waals surface area contributed by atoms with Crippen LogP contribution in [0.15, 0.2) is 22.7 Å². The average molecular weight is 326 g/mol. The molecule has 21 heavy (non-hydrogen) atoms. The highest BCUT2D eigenvalue weighted by molar-refractivity contribution is 6.35. The van der Waals surface area contributed by atoms with E-state index in [0.717, 1.165) is 31.2 Å². The Bertz CT molecular complexity index is 628. The first-order valence-corrected chi connectivity index (χ1v) is 7.81. The summed E-state index contributed by atoms with van der Waals surface area (Å²) < 4.78 is 5.40. The van der Waals surface area contributed by atoms with Crippen molar-refractivity contribution in [1.29, 1.82) is 0 Å². The Kier molecular flexibility index (Phi) is 3.95. The first-order valence-electron chi connectivity index (χ1n) is 7.06. The van der Waals surface area contributed by atoms with E-state index in [4.69, 9.17) is 33.5 Å². The highest BCUT2D eigenvalue weighted by Crippen LogP contribution is 2.37. The van der Waals surface area contributed by atoms with E-state index in [9.17, 15) is 0 Å². The van der Waals surface area contributed by atoms with E-state index in [1.165, 1.54) is 0 Å². The number of benzene rings is 1. The van der Waals surface area contributed by atoms with Gasteiger partial charge in [0.15, 0.2) is 0 Å². The predicted octanol–water partition coefficient (Wildman–Crippen LogP) is 4.41. The zero-order valence-electron chi connectivity index (χ0n) is 11.8. The van der Waals surface area contributed by atoms with Gasteiger partial charge in [0.2, 0.25) is 11.7 Å². The standard InChI is InChI=1S/C15H17Cl2N3O/c1-9-2-4-15(18,5-3-9)14-19-13(20-21-14)10-6-11(16)8-12(17)7-10/h6-9H,2-5,18H2,1H3. The molecule has 0 bridgehead atoms. The van der Waals surface area contributed by atoms with Gasteiger partial charge >= 0.3 is 0 Å². The van der Waals surface area contributed by atoms with Crippen LogP contribution in [0.4, 0.5) is 0 Å². The minimum absolute atomic E-state index is 0.470. The molecule has 0 unspecified atom stereocenters. The molecule has 4 nitrogen and oxygen atoms in total. The molecule has 3 rings (SSSR count). The van der Waals surface area contributed by atoms with Crippen molar-refractivity contribution in [3.05, 3.63) is 34.1 Å². The van der Waals surface area contributed by atoms with E-state index >= 15 is 0 Å². The summed E-state index contributed by atoms with van der Waals surface area (Å²) in [6, 6.07) is 5.18. The van der Waals surface area contributed by atoms with Gasteiger partial charge in [-0.1, -0.05) is 35.3 Å². The van der Waals surface area contributed by atoms with Crippen LogP contribution in [0.2, 0.25) is 10.0 Å². The molecule has 0 radical (unpaired) electrons. The molecule has 0 spiro atoms. The molecule has 1 fully saturated rings. The second-order valence-corrected chi connectivity index (χ2v) is 6.79. The Labute approximate surface area is 133 Å². The van der Waals surface area contributed by atoms with Crippen LogP contribution >= 0.6 is 23.2 Å². The maximum Gasteiger partial charge on any atom is 0.247 e. The third kappa shape index (κ3) is 3.07. The lowest BCUT2D eigenvalue weighted by Crippen LogP contribution is -2.40. The zero-order chi connectivity index (χ0) is 15.0. The molecule has 0 saturated heterocycles. The van der Waals surface area contributed by atoms with Crippen LogP contribution in [0.5, 0.6) is 0 Å². The molecule has 112 valence electrons. The molecule has 2 N–H and O–H groups in total. The lowest BCUT2D eigenvalue weighted by atomic mass is 9.78. The van der Waals surface area contributed by atoms with Gasteiger partial charge < -0.3 is 10.3 Å². The summed E-state index contributed by atoms with van der Waals surface area (Å²) >= 11 is 12.0. The SMILES string of the molecule is CC1CCC(N)(c2nc(-c3cc(Cl)cc(Cl)c3)no2)CC1. The van der Waals surface area contributed by atoms with E-state index in [1.807, 2.05) is 0 Å². The van der Waals surface area contributed by atoms with E-state index in [0.29, 0.717) is 27.7 Å². The summed E-state index contributed by atoms with van der Waals surface area (Å²) in [6.45, 7) is 2.24. The summed E-state index contributed by atoms with van der Waals surface area (Å²) in [5.74, 6) is 1.68. The Balaban J connectivity index is 1.89. The molecule has 2 aromatic rings. The molecule has 1 aliphatic carbocycles. The zero-order valence-corrected chi connectivity index (χ0v) is 13.3. The van der Waals surface area contributed by atoms with Crippen molar-refractivity contribution in [2.24, 2.45) is 11.7 Å². The molecule has 0 amide bonds. The second kappa shape index (κ2) is 5.59. The summed E-state index contributed by atoms with van der Waals surface area (Å²) in [4.78, 5) is 4.46. The Morgan fingerprint density at radius 3 is 2.43 bits per heavy atom. The molecular weight excluding hydrogens is 309 g/mol. The molecule has 1 aromatic heterocycles. The molecule has 6 heteroatoms. The van der Waals surface area contributed by atoms with Crippen molar-refractivity contribution in [2.45, 2.75) is 38.1 Å². The van der Waals surface area contributed by atoms with E-state index < -0.39 is 5.54 Å². The quantitative estimate of drug-likeness (QED) is 0.888. The second-order valence-electron chi connectivity index (χ2n) is 5.92. The van der Waals surface area contributed by atoms with Crippen molar-refractivity contribution < 1.29 is 4.52 Å². The lowest BCUT2D eigenvalue weighted by Gasteiger charge is -2.32. The maximum absolute atomic E-state index is 6.45. The van der Waals surface area contributed by atoms with Crippen LogP contribution in [-0.2, 0) is 5.54 Å². The minimum atomic E-state index is -0.514. The summed E-state index contributed by atoms with van der Waals surface area (Å²) in [7, 11) is 0. The van der Waals surface area contributed by atoms with Crippen LogP contribution in [0.3, 0.4) is 0 Å². The first-order chi connectivity index (χ1) is 9.96. The number of hydrogen-bond acceptors (Lipinski definition) is 4. The van der Waals surface area contributed by atoms with Gasteiger partial charge in [0.25, 0.3) is 0 Å². The Morgan fingerprint density at radius 1 is 1.19 bits per heavy atom. The molecule has 0 atom stereocenters. The van der Waals surface area contributed by atoms with Crippen molar-refractivity contribution in [2.75, 3.05) is 0 Å². The molecule has 1 saturated carbocycles. The van der Waals surface area contributed by atoms with E-state index in [1.54, 1.807) is 18.2 Å². The van der Waals surface area contributed by atoms with Gasteiger partial charge in [-0.2, -0.15) is 4.98 Å². The number of aromatic nitrogens is 2. The van der Waals surface area contributed by atoms with Crippen molar-refractivity contribution in [3.8, 4) is 11.4 Å². The average Bonchev–Trinajstić information content (AvgIpc) is 2.92. The third-order valence-corrected chi connectivity index (χ3v) is 4.58. The molecule has 1 aliphatic rings. The molecule has 1 aromatic carbocycles. The van der Waals surface area contributed by atoms with Gasteiger partial charge in [-0.25, -0.2) is 0 Å². The normalized spacial score (nSPS) is 26.0. The van der Waals surface area contributed by atoms with E-state index in [2.05, 4.69) is 17.1 Å². The highest BCUT2D eigenvalue weighted by Gasteiger charge is 2.37. The number of rotatable bonds is 2.